The van der Waals surface area contributed by atoms with E-state index in [2.05, 4.69) is 25.9 Å². The number of carbonyl (C=O) groups is 1. The van der Waals surface area contributed by atoms with E-state index in [1.165, 1.54) is 6.42 Å². The number of hydrogen-bond donors (Lipinski definition) is 0. The van der Waals surface area contributed by atoms with E-state index in [-0.39, 0.29) is 5.54 Å². The lowest BCUT2D eigenvalue weighted by molar-refractivity contribution is 0.0486. The molecule has 1 saturated carbocycles. The van der Waals surface area contributed by atoms with Crippen molar-refractivity contribution in [1.29, 1.82) is 0 Å². The largest absolute Gasteiger partial charge is 0.297 e. The van der Waals surface area contributed by atoms with Gasteiger partial charge in [0.2, 0.25) is 0 Å². The van der Waals surface area contributed by atoms with Gasteiger partial charge < -0.3 is 0 Å². The molecule has 0 saturated heterocycles. The number of ketones is 1. The van der Waals surface area contributed by atoms with Gasteiger partial charge in [0.25, 0.3) is 0 Å². The first kappa shape index (κ1) is 13.8. The Morgan fingerprint density at radius 1 is 1.50 bits per heavy atom. The molecular weight excluding hydrogens is 242 g/mol. The van der Waals surface area contributed by atoms with Crippen molar-refractivity contribution >= 4 is 17.1 Å². The summed E-state index contributed by atoms with van der Waals surface area (Å²) >= 11 is 1.67. The van der Waals surface area contributed by atoms with Crippen LogP contribution in [0, 0.1) is 12.8 Å². The van der Waals surface area contributed by atoms with E-state index in [4.69, 9.17) is 0 Å². The second-order valence-electron chi connectivity index (χ2n) is 5.85. The molecular formula is C15H23NOS. The van der Waals surface area contributed by atoms with Crippen molar-refractivity contribution in [2.75, 3.05) is 14.1 Å². The summed E-state index contributed by atoms with van der Waals surface area (Å²) < 4.78 is 0. The van der Waals surface area contributed by atoms with Crippen LogP contribution in [-0.4, -0.2) is 30.3 Å². The van der Waals surface area contributed by atoms with Crippen molar-refractivity contribution in [3.63, 3.8) is 0 Å². The third-order valence-corrected chi connectivity index (χ3v) is 5.20. The van der Waals surface area contributed by atoms with Crippen molar-refractivity contribution in [2.45, 2.75) is 45.1 Å². The Hall–Kier alpha value is -0.670. The summed E-state index contributed by atoms with van der Waals surface area (Å²) in [6, 6.07) is 1.99. The highest BCUT2D eigenvalue weighted by molar-refractivity contribution is 7.10. The molecule has 1 fully saturated rings. The number of rotatable bonds is 3. The number of thiophene rings is 1. The number of aryl methyl sites for hydroxylation is 1. The summed E-state index contributed by atoms with van der Waals surface area (Å²) in [5.74, 6) is 0.974. The monoisotopic (exact) mass is 265 g/mol. The normalized spacial score (nSPS) is 28.6. The van der Waals surface area contributed by atoms with Crippen LogP contribution in [0.1, 0.15) is 47.8 Å². The molecule has 1 aliphatic carbocycles. The van der Waals surface area contributed by atoms with Gasteiger partial charge in [-0.2, -0.15) is 0 Å². The van der Waals surface area contributed by atoms with Crippen molar-refractivity contribution < 1.29 is 4.79 Å². The van der Waals surface area contributed by atoms with Crippen molar-refractivity contribution in [2.24, 2.45) is 5.92 Å². The van der Waals surface area contributed by atoms with E-state index in [0.29, 0.717) is 11.7 Å². The molecule has 0 radical (unpaired) electrons. The third-order valence-electron chi connectivity index (χ3n) is 4.36. The highest BCUT2D eigenvalue weighted by atomic mass is 32.1. The van der Waals surface area contributed by atoms with Gasteiger partial charge in [0, 0.05) is 10.4 Å². The van der Waals surface area contributed by atoms with Crippen LogP contribution in [0.3, 0.4) is 0 Å². The van der Waals surface area contributed by atoms with Crippen LogP contribution < -0.4 is 0 Å². The summed E-state index contributed by atoms with van der Waals surface area (Å²) in [6.07, 6.45) is 4.41. The Kier molecular flexibility index (Phi) is 3.93. The van der Waals surface area contributed by atoms with Crippen LogP contribution in [-0.2, 0) is 0 Å². The summed E-state index contributed by atoms with van der Waals surface area (Å²) in [5.41, 5.74) is 0.659. The summed E-state index contributed by atoms with van der Waals surface area (Å²) in [7, 11) is 4.11. The molecule has 2 atom stereocenters. The lowest BCUT2D eigenvalue weighted by atomic mass is 9.71. The molecule has 2 unspecified atom stereocenters. The molecule has 2 rings (SSSR count). The number of likely N-dealkylation sites (N-methyl/N-ethyl adjacent to an activating group) is 1. The summed E-state index contributed by atoms with van der Waals surface area (Å²) in [5, 5.41) is 2.03. The minimum absolute atomic E-state index is 0.274. The molecule has 100 valence electrons. The van der Waals surface area contributed by atoms with Gasteiger partial charge in [-0.05, 0) is 51.2 Å². The maximum atomic E-state index is 13.0. The topological polar surface area (TPSA) is 20.3 Å². The molecule has 0 N–H and O–H groups in total. The van der Waals surface area contributed by atoms with Crippen LogP contribution in [0.15, 0.2) is 11.4 Å². The Morgan fingerprint density at radius 2 is 2.22 bits per heavy atom. The Bertz CT molecular complexity index is 437. The highest BCUT2D eigenvalue weighted by Crippen LogP contribution is 2.39. The first-order valence-corrected chi connectivity index (χ1v) is 7.61. The zero-order valence-electron chi connectivity index (χ0n) is 11.8. The second-order valence-corrected chi connectivity index (χ2v) is 6.97. The Labute approximate surface area is 114 Å². The molecule has 18 heavy (non-hydrogen) atoms. The maximum Gasteiger partial charge on any atom is 0.184 e. The van der Waals surface area contributed by atoms with E-state index in [0.717, 1.165) is 29.7 Å². The molecule has 0 aliphatic heterocycles. The van der Waals surface area contributed by atoms with Gasteiger partial charge in [-0.25, -0.2) is 0 Å². The fourth-order valence-electron chi connectivity index (χ4n) is 3.21. The molecule has 1 aliphatic rings. The van der Waals surface area contributed by atoms with Crippen LogP contribution in [0.5, 0.6) is 0 Å². The first-order chi connectivity index (χ1) is 8.47. The molecule has 0 spiro atoms. The van der Waals surface area contributed by atoms with Crippen LogP contribution in [0.4, 0.5) is 0 Å². The highest BCUT2D eigenvalue weighted by Gasteiger charge is 2.44. The number of nitrogens with zero attached hydrogens (tertiary/aromatic N) is 1. The molecule has 2 nitrogen and oxygen atoms in total. The minimum Gasteiger partial charge on any atom is -0.297 e. The first-order valence-electron chi connectivity index (χ1n) is 6.73. The fraction of sp³-hybridized carbons (Fsp3) is 0.667. The fourth-order valence-corrected chi connectivity index (χ4v) is 3.91. The van der Waals surface area contributed by atoms with E-state index < -0.39 is 0 Å². The van der Waals surface area contributed by atoms with Gasteiger partial charge in [0.05, 0.1) is 5.54 Å². The van der Waals surface area contributed by atoms with Crippen molar-refractivity contribution in [3.8, 4) is 0 Å². The molecule has 0 aromatic carbocycles. The molecule has 0 bridgehead atoms. The van der Waals surface area contributed by atoms with E-state index in [1.807, 2.05) is 18.4 Å². The van der Waals surface area contributed by atoms with Gasteiger partial charge in [-0.1, -0.05) is 19.8 Å². The lowest BCUT2D eigenvalue weighted by Gasteiger charge is -2.43. The van der Waals surface area contributed by atoms with Gasteiger partial charge in [-0.3, -0.25) is 9.69 Å². The quantitative estimate of drug-likeness (QED) is 0.776. The smallest absolute Gasteiger partial charge is 0.184 e. The number of Topliss-reactive ketones (excluding diaryl/α,β-unsaturated/α-hetero) is 1. The standard InChI is InChI=1S/C15H23NOS/c1-11-6-5-8-15(10-11,16(3)4)14(17)13-7-9-18-12(13)2/h7,9,11H,5-6,8,10H2,1-4H3. The van der Waals surface area contributed by atoms with Crippen molar-refractivity contribution in [1.82, 2.24) is 4.90 Å². The molecule has 1 aromatic rings. The van der Waals surface area contributed by atoms with E-state index in [1.54, 1.807) is 11.3 Å². The average molecular weight is 265 g/mol. The summed E-state index contributed by atoms with van der Waals surface area (Å²) in [4.78, 5) is 16.3. The van der Waals surface area contributed by atoms with Gasteiger partial charge in [-0.15, -0.1) is 11.3 Å². The van der Waals surface area contributed by atoms with Gasteiger partial charge >= 0.3 is 0 Å². The molecule has 1 heterocycles. The maximum absolute atomic E-state index is 13.0. The summed E-state index contributed by atoms with van der Waals surface area (Å²) in [6.45, 7) is 4.32. The van der Waals surface area contributed by atoms with Crippen LogP contribution in [0.2, 0.25) is 0 Å². The molecule has 0 amide bonds. The zero-order valence-corrected chi connectivity index (χ0v) is 12.6. The lowest BCUT2D eigenvalue weighted by Crippen LogP contribution is -2.53. The zero-order chi connectivity index (χ0) is 13.3. The third kappa shape index (κ3) is 2.26. The Balaban J connectivity index is 2.36. The van der Waals surface area contributed by atoms with Gasteiger partial charge in [0.15, 0.2) is 5.78 Å². The van der Waals surface area contributed by atoms with Crippen molar-refractivity contribution in [3.05, 3.63) is 21.9 Å². The predicted molar refractivity (Wildman–Crippen MR) is 77.4 cm³/mol. The van der Waals surface area contributed by atoms with Gasteiger partial charge in [0.1, 0.15) is 0 Å². The van der Waals surface area contributed by atoms with E-state index >= 15 is 0 Å². The van der Waals surface area contributed by atoms with E-state index in [9.17, 15) is 4.79 Å². The van der Waals surface area contributed by atoms with Crippen LogP contribution >= 0.6 is 11.3 Å². The Morgan fingerprint density at radius 3 is 2.72 bits per heavy atom. The molecule has 3 heteroatoms. The number of carbonyl (C=O) groups excluding carboxylic acids is 1. The average Bonchev–Trinajstić information content (AvgIpc) is 2.74. The predicted octanol–water partition coefficient (Wildman–Crippen LogP) is 3.75. The minimum atomic E-state index is -0.274. The molecule has 1 aromatic heterocycles. The SMILES string of the molecule is Cc1sccc1C(=O)C1(N(C)C)CCCC(C)C1. The second kappa shape index (κ2) is 5.14. The van der Waals surface area contributed by atoms with Crippen LogP contribution in [0.25, 0.3) is 0 Å². The number of hydrogen-bond acceptors (Lipinski definition) is 3.